The Morgan fingerprint density at radius 3 is 2.36 bits per heavy atom. The van der Waals surface area contributed by atoms with Gasteiger partial charge in [0.05, 0.1) is 0 Å². The number of carbonyl (C=O) groups is 1. The van der Waals surface area contributed by atoms with Crippen molar-refractivity contribution in [3.63, 3.8) is 0 Å². The summed E-state index contributed by atoms with van der Waals surface area (Å²) in [4.78, 5) is 10.8. The van der Waals surface area contributed by atoms with Crippen LogP contribution in [-0.4, -0.2) is 48.5 Å². The second-order valence-electron chi connectivity index (χ2n) is 2.47. The van der Waals surface area contributed by atoms with E-state index in [1.165, 1.54) is 6.92 Å². The molecule has 0 aromatic heterocycles. The predicted molar refractivity (Wildman–Crippen MR) is 53.5 cm³/mol. The fourth-order valence-electron chi connectivity index (χ4n) is 0.606. The van der Waals surface area contributed by atoms with Crippen LogP contribution in [0.25, 0.3) is 0 Å². The summed E-state index contributed by atoms with van der Waals surface area (Å²) in [5, 5.41) is 0. The Kier molecular flexibility index (Phi) is 8.77. The average molecular weight is 232 g/mol. The minimum absolute atomic E-state index is 0. The van der Waals surface area contributed by atoms with Crippen LogP contribution in [-0.2, 0) is 19.4 Å². The third-order valence-electron chi connectivity index (χ3n) is 1.24. The molecule has 14 heavy (non-hydrogen) atoms. The van der Waals surface area contributed by atoms with E-state index in [1.54, 1.807) is 6.08 Å². The van der Waals surface area contributed by atoms with Crippen molar-refractivity contribution in [1.29, 1.82) is 0 Å². The molecule has 0 rings (SSSR count). The summed E-state index contributed by atoms with van der Waals surface area (Å²) >= 11 is 0. The van der Waals surface area contributed by atoms with E-state index in [0.717, 1.165) is 6.42 Å². The van der Waals surface area contributed by atoms with Gasteiger partial charge in [0, 0.05) is 5.57 Å². The Hall–Kier alpha value is 0.120. The molecule has 7 heteroatoms. The van der Waals surface area contributed by atoms with E-state index in [9.17, 15) is 13.2 Å². The number of hydrogen-bond donors (Lipinski definition) is 1. The van der Waals surface area contributed by atoms with Gasteiger partial charge in [-0.1, -0.05) is 19.4 Å². The molecule has 0 fully saturated rings. The van der Waals surface area contributed by atoms with E-state index in [2.05, 4.69) is 4.18 Å². The Labute approximate surface area is 106 Å². The molecule has 0 heterocycles. The standard InChI is InChI=1S/C7H12O5S.Na.H/c1-3-4-5-6(2)7(8)12-13(9,10)11;;/h5H,3-4H2,1-2H3,(H,9,10,11);;. The number of rotatable bonds is 4. The van der Waals surface area contributed by atoms with Gasteiger partial charge in [0.1, 0.15) is 0 Å². The van der Waals surface area contributed by atoms with Gasteiger partial charge < -0.3 is 4.18 Å². The van der Waals surface area contributed by atoms with E-state index < -0.39 is 16.4 Å². The summed E-state index contributed by atoms with van der Waals surface area (Å²) in [5.74, 6) is -1.05. The van der Waals surface area contributed by atoms with Crippen molar-refractivity contribution < 1.29 is 21.9 Å². The minimum atomic E-state index is -4.68. The van der Waals surface area contributed by atoms with Gasteiger partial charge in [0.25, 0.3) is 0 Å². The Morgan fingerprint density at radius 2 is 2.00 bits per heavy atom. The van der Waals surface area contributed by atoms with Gasteiger partial charge in [-0.2, -0.15) is 8.42 Å². The van der Waals surface area contributed by atoms with Gasteiger partial charge in [-0.3, -0.25) is 4.55 Å². The molecule has 0 spiro atoms. The predicted octanol–water partition coefficient (Wildman–Crippen LogP) is 0.430. The van der Waals surface area contributed by atoms with E-state index in [0.29, 0.717) is 6.42 Å². The van der Waals surface area contributed by atoms with Crippen LogP contribution in [0.2, 0.25) is 0 Å². The molecule has 0 saturated heterocycles. The van der Waals surface area contributed by atoms with E-state index in [-0.39, 0.29) is 35.1 Å². The molecule has 0 aliphatic carbocycles. The van der Waals surface area contributed by atoms with Crippen LogP contribution in [0.3, 0.4) is 0 Å². The second-order valence-corrected chi connectivity index (χ2v) is 3.50. The third kappa shape index (κ3) is 8.71. The van der Waals surface area contributed by atoms with Crippen molar-refractivity contribution in [2.45, 2.75) is 26.7 Å². The van der Waals surface area contributed by atoms with Crippen LogP contribution >= 0.6 is 0 Å². The normalized spacial score (nSPS) is 11.8. The molecule has 0 radical (unpaired) electrons. The van der Waals surface area contributed by atoms with Gasteiger partial charge in [0.15, 0.2) is 0 Å². The van der Waals surface area contributed by atoms with Crippen LogP contribution in [0.15, 0.2) is 11.6 Å². The van der Waals surface area contributed by atoms with E-state index in [4.69, 9.17) is 4.55 Å². The Balaban J connectivity index is 0. The van der Waals surface area contributed by atoms with Gasteiger partial charge in [-0.05, 0) is 13.3 Å². The van der Waals surface area contributed by atoms with Crippen LogP contribution in [0.1, 0.15) is 26.7 Å². The van der Waals surface area contributed by atoms with Gasteiger partial charge in [0.2, 0.25) is 0 Å². The average Bonchev–Trinajstić information content (AvgIpc) is 1.96. The van der Waals surface area contributed by atoms with E-state index in [1.807, 2.05) is 6.92 Å². The molecular formula is C7H13NaO5S. The summed E-state index contributed by atoms with van der Waals surface area (Å²) in [6.45, 7) is 3.33. The van der Waals surface area contributed by atoms with Crippen LogP contribution in [0.4, 0.5) is 0 Å². The molecule has 0 aliphatic heterocycles. The van der Waals surface area contributed by atoms with Gasteiger partial charge >= 0.3 is 45.9 Å². The third-order valence-corrected chi connectivity index (χ3v) is 1.60. The zero-order valence-corrected chi connectivity index (χ0v) is 8.30. The maximum atomic E-state index is 10.8. The van der Waals surface area contributed by atoms with Crippen LogP contribution < -0.4 is 0 Å². The van der Waals surface area contributed by atoms with Gasteiger partial charge in [-0.25, -0.2) is 4.79 Å². The van der Waals surface area contributed by atoms with Crippen molar-refractivity contribution in [3.8, 4) is 0 Å². The molecule has 0 atom stereocenters. The molecule has 78 valence electrons. The topological polar surface area (TPSA) is 80.7 Å². The number of allylic oxidation sites excluding steroid dienone is 1. The molecule has 0 aliphatic rings. The first kappa shape index (κ1) is 16.5. The maximum absolute atomic E-state index is 10.8. The molecule has 0 aromatic carbocycles. The summed E-state index contributed by atoms with van der Waals surface area (Å²) in [7, 11) is -4.68. The molecule has 5 nitrogen and oxygen atoms in total. The second kappa shape index (κ2) is 7.42. The summed E-state index contributed by atoms with van der Waals surface area (Å²) in [6.07, 6.45) is 3.05. The molecule has 0 aromatic rings. The molecule has 0 saturated carbocycles. The summed E-state index contributed by atoms with van der Waals surface area (Å²) in [5.41, 5.74) is 0.166. The first-order chi connectivity index (χ1) is 5.87. The molecule has 0 unspecified atom stereocenters. The van der Waals surface area contributed by atoms with Crippen molar-refractivity contribution >= 4 is 45.9 Å². The molecular weight excluding hydrogens is 219 g/mol. The van der Waals surface area contributed by atoms with Crippen molar-refractivity contribution in [1.82, 2.24) is 0 Å². The van der Waals surface area contributed by atoms with Crippen molar-refractivity contribution in [2.24, 2.45) is 0 Å². The first-order valence-electron chi connectivity index (χ1n) is 3.74. The van der Waals surface area contributed by atoms with Crippen molar-refractivity contribution in [3.05, 3.63) is 11.6 Å². The quantitative estimate of drug-likeness (QED) is 0.432. The summed E-state index contributed by atoms with van der Waals surface area (Å²) in [6, 6.07) is 0. The monoisotopic (exact) mass is 232 g/mol. The number of carbonyl (C=O) groups excluding carboxylic acids is 1. The number of hydrogen-bond acceptors (Lipinski definition) is 4. The Bertz CT molecular complexity index is 306. The SMILES string of the molecule is CCCC=C(C)C(=O)OS(=O)(=O)O.[NaH]. The fourth-order valence-corrected chi connectivity index (χ4v) is 0.928. The zero-order chi connectivity index (χ0) is 10.5. The van der Waals surface area contributed by atoms with Gasteiger partial charge in [-0.15, -0.1) is 0 Å². The van der Waals surface area contributed by atoms with E-state index >= 15 is 0 Å². The Morgan fingerprint density at radius 1 is 1.50 bits per heavy atom. The molecule has 0 amide bonds. The number of unbranched alkanes of at least 4 members (excludes halogenated alkanes) is 1. The van der Waals surface area contributed by atoms with Crippen LogP contribution in [0, 0.1) is 0 Å². The first-order valence-corrected chi connectivity index (χ1v) is 5.11. The van der Waals surface area contributed by atoms with Crippen molar-refractivity contribution in [2.75, 3.05) is 0 Å². The zero-order valence-electron chi connectivity index (χ0n) is 7.48. The molecule has 1 N–H and O–H groups in total. The fraction of sp³-hybridized carbons (Fsp3) is 0.571. The summed E-state index contributed by atoms with van der Waals surface area (Å²) < 4.78 is 32.1. The molecule has 0 bridgehead atoms. The van der Waals surface area contributed by atoms with Crippen LogP contribution in [0.5, 0.6) is 0 Å².